The second-order valence-electron chi connectivity index (χ2n) is 12.4. The number of benzene rings is 4. The molecule has 0 saturated carbocycles. The summed E-state index contributed by atoms with van der Waals surface area (Å²) in [5.41, 5.74) is 12.4. The highest BCUT2D eigenvalue weighted by atomic mass is 28.4. The third kappa shape index (κ3) is 4.58. The van der Waals surface area contributed by atoms with Crippen LogP contribution in [0.2, 0.25) is 26.2 Å². The van der Waals surface area contributed by atoms with Gasteiger partial charge in [-0.05, 0) is 112 Å². The molecule has 4 aromatic carbocycles. The van der Waals surface area contributed by atoms with Crippen LogP contribution in [-0.2, 0) is 17.0 Å². The zero-order valence-electron chi connectivity index (χ0n) is 23.1. The summed E-state index contributed by atoms with van der Waals surface area (Å²) < 4.78 is 7.21. The molecule has 2 aliphatic carbocycles. The first-order valence-electron chi connectivity index (χ1n) is 13.8. The fraction of sp³-hybridized carbons (Fsp3) is 0.294. The average Bonchev–Trinajstić information content (AvgIpc) is 2.85. The molecule has 6 rings (SSSR count). The van der Waals surface area contributed by atoms with Crippen molar-refractivity contribution in [3.05, 3.63) is 106 Å². The molecule has 0 aromatic heterocycles. The van der Waals surface area contributed by atoms with E-state index in [1.807, 2.05) is 0 Å². The molecule has 188 valence electrons. The largest absolute Gasteiger partial charge is 0.449 e. The van der Waals surface area contributed by atoms with E-state index in [1.165, 1.54) is 67.7 Å². The van der Waals surface area contributed by atoms with Gasteiger partial charge >= 0.3 is 0 Å². The van der Waals surface area contributed by atoms with Gasteiger partial charge in [-0.1, -0.05) is 92.4 Å². The summed E-state index contributed by atoms with van der Waals surface area (Å²) in [5.74, 6) is 1.36. The van der Waals surface area contributed by atoms with Crippen LogP contribution in [0.15, 0.2) is 78.5 Å². The van der Waals surface area contributed by atoms with Gasteiger partial charge in [-0.3, -0.25) is 0 Å². The molecule has 2 unspecified atom stereocenters. The molecule has 0 aliphatic heterocycles. The van der Waals surface area contributed by atoms with Crippen LogP contribution in [0, 0.1) is 0 Å². The van der Waals surface area contributed by atoms with Gasteiger partial charge in [0.25, 0.3) is 0 Å². The summed E-state index contributed by atoms with van der Waals surface area (Å²) in [7, 11) is -4.30. The summed E-state index contributed by atoms with van der Waals surface area (Å²) in [4.78, 5) is 0. The van der Waals surface area contributed by atoms with Crippen molar-refractivity contribution in [2.75, 3.05) is 0 Å². The van der Waals surface area contributed by atoms with Gasteiger partial charge in [0.2, 0.25) is 8.32 Å². The summed E-state index contributed by atoms with van der Waals surface area (Å²) in [6.07, 6.45) is 4.74. The maximum Gasteiger partial charge on any atom is 0.206 e. The quantitative estimate of drug-likeness (QED) is 0.232. The van der Waals surface area contributed by atoms with Crippen LogP contribution in [-0.4, -0.2) is 16.6 Å². The Morgan fingerprint density at radius 3 is 2.03 bits per heavy atom. The molecular formula is C34H38OSi2. The van der Waals surface area contributed by atoms with Crippen LogP contribution in [0.3, 0.4) is 0 Å². The van der Waals surface area contributed by atoms with E-state index in [9.17, 15) is 0 Å². The highest BCUT2D eigenvalue weighted by Crippen LogP contribution is 2.38. The summed E-state index contributed by atoms with van der Waals surface area (Å²) in [6.45, 7) is 14.1. The van der Waals surface area contributed by atoms with Crippen molar-refractivity contribution in [2.45, 2.75) is 64.7 Å². The molecule has 0 amide bonds. The molecule has 0 radical (unpaired) electrons. The van der Waals surface area contributed by atoms with Crippen LogP contribution >= 0.6 is 0 Å². The zero-order chi connectivity index (χ0) is 25.9. The van der Waals surface area contributed by atoms with Crippen molar-refractivity contribution >= 4 is 38.7 Å². The highest BCUT2D eigenvalue weighted by Gasteiger charge is 2.35. The Hall–Kier alpha value is -2.73. The molecule has 1 nitrogen and oxygen atoms in total. The van der Waals surface area contributed by atoms with Crippen molar-refractivity contribution in [2.24, 2.45) is 0 Å². The smallest absolute Gasteiger partial charge is 0.206 e. The van der Waals surface area contributed by atoms with Gasteiger partial charge in [0.1, 0.15) is 0 Å². The maximum atomic E-state index is 7.21. The Morgan fingerprint density at radius 1 is 0.730 bits per heavy atom. The van der Waals surface area contributed by atoms with E-state index in [0.717, 1.165) is 0 Å². The van der Waals surface area contributed by atoms with E-state index in [0.29, 0.717) is 11.8 Å². The van der Waals surface area contributed by atoms with E-state index in [-0.39, 0.29) is 0 Å². The fourth-order valence-corrected chi connectivity index (χ4v) is 14.3. The zero-order valence-corrected chi connectivity index (χ0v) is 25.1. The van der Waals surface area contributed by atoms with E-state index in [4.69, 9.17) is 4.12 Å². The molecule has 0 spiro atoms. The minimum Gasteiger partial charge on any atom is -0.449 e. The highest BCUT2D eigenvalue weighted by molar-refractivity contribution is 6.94. The Labute approximate surface area is 224 Å². The van der Waals surface area contributed by atoms with Gasteiger partial charge in [-0.15, -0.1) is 0 Å². The molecule has 0 fully saturated rings. The minimum atomic E-state index is -2.24. The van der Waals surface area contributed by atoms with E-state index >= 15 is 0 Å². The number of fused-ring (bicyclic) bond motifs is 3. The number of rotatable bonds is 6. The monoisotopic (exact) mass is 518 g/mol. The van der Waals surface area contributed by atoms with Crippen LogP contribution in [0.25, 0.3) is 28.0 Å². The lowest BCUT2D eigenvalue weighted by molar-refractivity contribution is 0.572. The predicted octanol–water partition coefficient (Wildman–Crippen LogP) is 8.71. The molecule has 4 aromatic rings. The normalized spacial score (nSPS) is 18.9. The van der Waals surface area contributed by atoms with Crippen LogP contribution in [0.1, 0.15) is 53.5 Å². The first-order valence-corrected chi connectivity index (χ1v) is 19.7. The Kier molecular flexibility index (Phi) is 5.94. The standard InChI is InChI=1S/C34H38OSi2/c1-23-17-28-12-11-25(19-31(23)28)15-16-36(3,4)35-37(5,6)34-22-27-10-8-7-9-26(27)20-33(34)30-14-13-29-18-24(2)32(29)21-30/h7-16,19-24H,17-18H2,1-6H3. The molecule has 0 saturated heterocycles. The van der Waals surface area contributed by atoms with Crippen molar-refractivity contribution in [3.63, 3.8) is 0 Å². The Morgan fingerprint density at radius 2 is 1.35 bits per heavy atom. The molecule has 2 atom stereocenters. The van der Waals surface area contributed by atoms with Crippen molar-refractivity contribution in [1.82, 2.24) is 0 Å². The molecule has 37 heavy (non-hydrogen) atoms. The minimum absolute atomic E-state index is 0.662. The van der Waals surface area contributed by atoms with Crippen molar-refractivity contribution in [3.8, 4) is 11.1 Å². The SMILES string of the molecule is CC1Cc2ccc(C=C[Si](C)(C)O[Si](C)(C)c3cc4ccccc4cc3-c3ccc4c(c3)C(C)C4)cc21. The number of hydrogen-bond acceptors (Lipinski definition) is 1. The van der Waals surface area contributed by atoms with E-state index in [2.05, 4.69) is 125 Å². The van der Waals surface area contributed by atoms with Crippen LogP contribution in [0.4, 0.5) is 0 Å². The van der Waals surface area contributed by atoms with Crippen molar-refractivity contribution < 1.29 is 4.12 Å². The second kappa shape index (κ2) is 8.94. The first kappa shape index (κ1) is 24.6. The third-order valence-electron chi connectivity index (χ3n) is 8.47. The maximum absolute atomic E-state index is 7.21. The lowest BCUT2D eigenvalue weighted by Gasteiger charge is -2.34. The van der Waals surface area contributed by atoms with Crippen LogP contribution < -0.4 is 5.19 Å². The topological polar surface area (TPSA) is 9.23 Å². The predicted molar refractivity (Wildman–Crippen MR) is 165 cm³/mol. The molecule has 0 bridgehead atoms. The van der Waals surface area contributed by atoms with Gasteiger partial charge in [0.05, 0.1) is 0 Å². The lowest BCUT2D eigenvalue weighted by Crippen LogP contribution is -2.52. The third-order valence-corrected chi connectivity index (χ3v) is 15.3. The van der Waals surface area contributed by atoms with Gasteiger partial charge in [-0.25, -0.2) is 0 Å². The Bertz CT molecular complexity index is 1550. The lowest BCUT2D eigenvalue weighted by atomic mass is 9.77. The van der Waals surface area contributed by atoms with Gasteiger partial charge in [0, 0.05) is 0 Å². The molecule has 0 heterocycles. The first-order chi connectivity index (χ1) is 17.6. The number of hydrogen-bond donors (Lipinski definition) is 0. The van der Waals surface area contributed by atoms with Gasteiger partial charge in [-0.2, -0.15) is 0 Å². The summed E-state index contributed by atoms with van der Waals surface area (Å²) in [6, 6.07) is 27.6. The average molecular weight is 519 g/mol. The summed E-state index contributed by atoms with van der Waals surface area (Å²) >= 11 is 0. The van der Waals surface area contributed by atoms with Crippen LogP contribution in [0.5, 0.6) is 0 Å². The van der Waals surface area contributed by atoms with Crippen molar-refractivity contribution in [1.29, 1.82) is 0 Å². The van der Waals surface area contributed by atoms with E-state index < -0.39 is 16.6 Å². The molecule has 3 heteroatoms. The molecule has 2 aliphatic rings. The fourth-order valence-electron chi connectivity index (χ4n) is 6.41. The Balaban J connectivity index is 1.36. The molecule has 0 N–H and O–H groups in total. The molecular weight excluding hydrogens is 481 g/mol. The van der Waals surface area contributed by atoms with Gasteiger partial charge < -0.3 is 4.12 Å². The van der Waals surface area contributed by atoms with Gasteiger partial charge in [0.15, 0.2) is 8.32 Å². The van der Waals surface area contributed by atoms with E-state index in [1.54, 1.807) is 0 Å². The summed E-state index contributed by atoms with van der Waals surface area (Å²) in [5, 5.41) is 4.00. The second-order valence-corrected chi connectivity index (χ2v) is 20.3.